The van der Waals surface area contributed by atoms with Gasteiger partial charge in [-0.1, -0.05) is 0 Å². The van der Waals surface area contributed by atoms with Gasteiger partial charge < -0.3 is 15.4 Å². The summed E-state index contributed by atoms with van der Waals surface area (Å²) in [5, 5.41) is 5.82. The third-order valence-electron chi connectivity index (χ3n) is 2.75. The molecular weight excluding hydrogens is 274 g/mol. The Hall–Kier alpha value is -2.16. The van der Waals surface area contributed by atoms with Gasteiger partial charge in [0, 0.05) is 6.04 Å². The van der Waals surface area contributed by atoms with E-state index in [1.54, 1.807) is 6.92 Å². The molecule has 1 amide bonds. The van der Waals surface area contributed by atoms with E-state index in [1.165, 1.54) is 0 Å². The number of nitrogen functional groups attached to an aromatic ring is 1. The Labute approximate surface area is 123 Å². The van der Waals surface area contributed by atoms with E-state index in [4.69, 9.17) is 10.6 Å². The van der Waals surface area contributed by atoms with Crippen LogP contribution >= 0.6 is 0 Å². The predicted octanol–water partition coefficient (Wildman–Crippen LogP) is 0.0234. The van der Waals surface area contributed by atoms with E-state index in [2.05, 4.69) is 31.0 Å². The molecule has 116 valence electrons. The van der Waals surface area contributed by atoms with Gasteiger partial charge in [0.15, 0.2) is 0 Å². The summed E-state index contributed by atoms with van der Waals surface area (Å²) in [5.41, 5.74) is 2.34. The molecule has 1 aliphatic carbocycles. The van der Waals surface area contributed by atoms with E-state index in [-0.39, 0.29) is 29.9 Å². The monoisotopic (exact) mass is 295 g/mol. The fraction of sp³-hybridized carbons (Fsp3) is 0.667. The van der Waals surface area contributed by atoms with Gasteiger partial charge in [0.2, 0.25) is 17.8 Å². The highest BCUT2D eigenvalue weighted by Crippen LogP contribution is 2.19. The molecule has 21 heavy (non-hydrogen) atoms. The number of nitrogens with zero attached hydrogens (tertiary/aromatic N) is 3. The van der Waals surface area contributed by atoms with E-state index in [0.29, 0.717) is 6.04 Å². The minimum atomic E-state index is -0.467. The zero-order valence-corrected chi connectivity index (χ0v) is 12.4. The maximum Gasteiger partial charge on any atom is 0.323 e. The van der Waals surface area contributed by atoms with E-state index in [0.717, 1.165) is 12.8 Å². The standard InChI is InChI=1S/C12H21N7O2/c1-6(2)21-12-17-10(16-11(18-12)19-13)14-7(3)9(20)15-8-4-5-8/h6-8H,4-5,13H2,1-3H3,(H,15,20)(H2,14,16,17,18,19). The quantitative estimate of drug-likeness (QED) is 0.409. The molecule has 1 aromatic heterocycles. The SMILES string of the molecule is CC(C)Oc1nc(NN)nc(NC(C)C(=O)NC2CC2)n1. The third-order valence-corrected chi connectivity index (χ3v) is 2.75. The Morgan fingerprint density at radius 3 is 2.48 bits per heavy atom. The molecule has 2 rings (SSSR count). The van der Waals surface area contributed by atoms with Crippen LogP contribution in [-0.2, 0) is 4.79 Å². The zero-order chi connectivity index (χ0) is 15.4. The Kier molecular flexibility index (Phi) is 4.73. The second-order valence-corrected chi connectivity index (χ2v) is 5.23. The number of amides is 1. The molecule has 1 atom stereocenters. The van der Waals surface area contributed by atoms with Gasteiger partial charge in [0.25, 0.3) is 0 Å². The Morgan fingerprint density at radius 2 is 1.90 bits per heavy atom. The predicted molar refractivity (Wildman–Crippen MR) is 77.7 cm³/mol. The highest BCUT2D eigenvalue weighted by Gasteiger charge is 2.26. The third kappa shape index (κ3) is 4.71. The van der Waals surface area contributed by atoms with Crippen LogP contribution in [-0.4, -0.2) is 39.0 Å². The smallest absolute Gasteiger partial charge is 0.323 e. The van der Waals surface area contributed by atoms with Crippen molar-refractivity contribution in [1.29, 1.82) is 0 Å². The summed E-state index contributed by atoms with van der Waals surface area (Å²) >= 11 is 0. The second kappa shape index (κ2) is 6.53. The number of carbonyl (C=O) groups is 1. The molecule has 1 unspecified atom stereocenters. The molecule has 0 radical (unpaired) electrons. The lowest BCUT2D eigenvalue weighted by Crippen LogP contribution is -2.39. The molecular formula is C12H21N7O2. The number of aromatic nitrogens is 3. The molecule has 0 saturated heterocycles. The van der Waals surface area contributed by atoms with Gasteiger partial charge in [-0.2, -0.15) is 15.0 Å². The summed E-state index contributed by atoms with van der Waals surface area (Å²) in [4.78, 5) is 24.0. The number of hydrogen-bond acceptors (Lipinski definition) is 8. The Balaban J connectivity index is 2.04. The second-order valence-electron chi connectivity index (χ2n) is 5.23. The molecule has 1 saturated carbocycles. The molecule has 1 aliphatic rings. The number of rotatable bonds is 7. The van der Waals surface area contributed by atoms with Crippen molar-refractivity contribution in [2.45, 2.75) is 51.8 Å². The van der Waals surface area contributed by atoms with Crippen molar-refractivity contribution in [3.63, 3.8) is 0 Å². The average molecular weight is 295 g/mol. The van der Waals surface area contributed by atoms with Gasteiger partial charge >= 0.3 is 6.01 Å². The van der Waals surface area contributed by atoms with Crippen LogP contribution < -0.4 is 26.6 Å². The van der Waals surface area contributed by atoms with E-state index in [1.807, 2.05) is 13.8 Å². The number of anilines is 2. The topological polar surface area (TPSA) is 127 Å². The molecule has 1 aromatic rings. The largest absolute Gasteiger partial charge is 0.461 e. The number of nitrogens with one attached hydrogen (secondary N) is 3. The Bertz CT molecular complexity index is 504. The fourth-order valence-electron chi connectivity index (χ4n) is 1.56. The first kappa shape index (κ1) is 15.2. The first-order valence-electron chi connectivity index (χ1n) is 6.94. The highest BCUT2D eigenvalue weighted by atomic mass is 16.5. The molecule has 0 bridgehead atoms. The maximum atomic E-state index is 11.9. The van der Waals surface area contributed by atoms with Crippen molar-refractivity contribution in [3.05, 3.63) is 0 Å². The summed E-state index contributed by atoms with van der Waals surface area (Å²) in [6.45, 7) is 5.45. The summed E-state index contributed by atoms with van der Waals surface area (Å²) < 4.78 is 5.42. The van der Waals surface area contributed by atoms with Crippen LogP contribution in [0, 0.1) is 0 Å². The van der Waals surface area contributed by atoms with Crippen LogP contribution in [0.5, 0.6) is 6.01 Å². The van der Waals surface area contributed by atoms with E-state index in [9.17, 15) is 4.79 Å². The first-order valence-corrected chi connectivity index (χ1v) is 6.94. The fourth-order valence-corrected chi connectivity index (χ4v) is 1.56. The number of nitrogens with two attached hydrogens (primary N) is 1. The zero-order valence-electron chi connectivity index (χ0n) is 12.4. The summed E-state index contributed by atoms with van der Waals surface area (Å²) in [6, 6.07) is -0.0167. The lowest BCUT2D eigenvalue weighted by Gasteiger charge is -2.15. The molecule has 9 nitrogen and oxygen atoms in total. The number of hydrazine groups is 1. The van der Waals surface area contributed by atoms with Crippen molar-refractivity contribution in [3.8, 4) is 6.01 Å². The first-order chi connectivity index (χ1) is 9.97. The number of ether oxygens (including phenoxy) is 1. The number of hydrogen-bond donors (Lipinski definition) is 4. The Morgan fingerprint density at radius 1 is 1.24 bits per heavy atom. The maximum absolute atomic E-state index is 11.9. The summed E-state index contributed by atoms with van der Waals surface area (Å²) in [6.07, 6.45) is 2.00. The van der Waals surface area contributed by atoms with Crippen LogP contribution in [0.15, 0.2) is 0 Å². The van der Waals surface area contributed by atoms with Crippen molar-refractivity contribution >= 4 is 17.8 Å². The van der Waals surface area contributed by atoms with Crippen LogP contribution in [0.2, 0.25) is 0 Å². The molecule has 1 heterocycles. The molecule has 5 N–H and O–H groups in total. The molecule has 0 aliphatic heterocycles. The molecule has 0 aromatic carbocycles. The lowest BCUT2D eigenvalue weighted by molar-refractivity contribution is -0.121. The van der Waals surface area contributed by atoms with Gasteiger partial charge in [-0.15, -0.1) is 0 Å². The lowest BCUT2D eigenvalue weighted by atomic mass is 10.3. The molecule has 1 fully saturated rings. The van der Waals surface area contributed by atoms with Gasteiger partial charge in [0.05, 0.1) is 6.10 Å². The minimum absolute atomic E-state index is 0.0820. The highest BCUT2D eigenvalue weighted by molar-refractivity contribution is 5.84. The molecule has 9 heteroatoms. The summed E-state index contributed by atoms with van der Waals surface area (Å²) in [5.74, 6) is 5.62. The van der Waals surface area contributed by atoms with Crippen molar-refractivity contribution in [2.75, 3.05) is 10.7 Å². The summed E-state index contributed by atoms with van der Waals surface area (Å²) in [7, 11) is 0. The van der Waals surface area contributed by atoms with Gasteiger partial charge in [0.1, 0.15) is 6.04 Å². The van der Waals surface area contributed by atoms with Gasteiger partial charge in [-0.05, 0) is 33.6 Å². The van der Waals surface area contributed by atoms with Gasteiger partial charge in [-0.3, -0.25) is 10.2 Å². The van der Waals surface area contributed by atoms with Crippen LogP contribution in [0.4, 0.5) is 11.9 Å². The van der Waals surface area contributed by atoms with Crippen molar-refractivity contribution in [1.82, 2.24) is 20.3 Å². The van der Waals surface area contributed by atoms with Crippen molar-refractivity contribution in [2.24, 2.45) is 5.84 Å². The van der Waals surface area contributed by atoms with Crippen LogP contribution in [0.25, 0.3) is 0 Å². The van der Waals surface area contributed by atoms with Gasteiger partial charge in [-0.25, -0.2) is 5.84 Å². The van der Waals surface area contributed by atoms with E-state index >= 15 is 0 Å². The van der Waals surface area contributed by atoms with E-state index < -0.39 is 6.04 Å². The minimum Gasteiger partial charge on any atom is -0.461 e. The number of carbonyl (C=O) groups excluding carboxylic acids is 1. The van der Waals surface area contributed by atoms with Crippen molar-refractivity contribution < 1.29 is 9.53 Å². The van der Waals surface area contributed by atoms with Crippen LogP contribution in [0.1, 0.15) is 33.6 Å². The molecule has 0 spiro atoms. The average Bonchev–Trinajstić information content (AvgIpc) is 3.21. The van der Waals surface area contributed by atoms with Crippen LogP contribution in [0.3, 0.4) is 0 Å². The normalized spacial score (nSPS) is 15.5.